The zero-order valence-electron chi connectivity index (χ0n) is 12.8. The van der Waals surface area contributed by atoms with E-state index in [1.807, 2.05) is 0 Å². The minimum absolute atomic E-state index is 0.108. The van der Waals surface area contributed by atoms with Crippen LogP contribution in [-0.2, 0) is 0 Å². The Morgan fingerprint density at radius 3 is 2.26 bits per heavy atom. The van der Waals surface area contributed by atoms with Crippen molar-refractivity contribution in [1.82, 2.24) is 0 Å². The second-order valence-electron chi connectivity index (χ2n) is 6.97. The summed E-state index contributed by atoms with van der Waals surface area (Å²) in [6.45, 7) is 11.5. The van der Waals surface area contributed by atoms with Crippen molar-refractivity contribution in [1.29, 1.82) is 0 Å². The van der Waals surface area contributed by atoms with Crippen molar-refractivity contribution in [2.24, 2.45) is 17.1 Å². The van der Waals surface area contributed by atoms with Gasteiger partial charge in [0.05, 0.1) is 0 Å². The molecule has 106 valence electrons. The molecule has 0 bridgehead atoms. The summed E-state index contributed by atoms with van der Waals surface area (Å²) < 4.78 is 0. The molecule has 0 spiro atoms. The Bertz CT molecular complexity index is 410. The maximum atomic E-state index is 6.09. The van der Waals surface area contributed by atoms with Gasteiger partial charge >= 0.3 is 0 Å². The molecule has 2 heteroatoms. The number of para-hydroxylation sites is 1. The van der Waals surface area contributed by atoms with Crippen molar-refractivity contribution in [2.75, 3.05) is 18.0 Å². The Morgan fingerprint density at radius 1 is 1.16 bits per heavy atom. The first-order chi connectivity index (χ1) is 8.89. The minimum atomic E-state index is 0.108. The second kappa shape index (κ2) is 5.54. The lowest BCUT2D eigenvalue weighted by molar-refractivity contribution is 0.199. The van der Waals surface area contributed by atoms with E-state index in [1.165, 1.54) is 24.1 Å². The van der Waals surface area contributed by atoms with Gasteiger partial charge in [0.15, 0.2) is 0 Å². The molecule has 1 atom stereocenters. The summed E-state index contributed by atoms with van der Waals surface area (Å²) in [6, 6.07) is 8.70. The van der Waals surface area contributed by atoms with E-state index < -0.39 is 0 Å². The maximum absolute atomic E-state index is 6.09. The number of piperidine rings is 1. The molecule has 2 nitrogen and oxygen atoms in total. The van der Waals surface area contributed by atoms with E-state index in [1.54, 1.807) is 0 Å². The van der Waals surface area contributed by atoms with Crippen LogP contribution in [0.15, 0.2) is 24.3 Å². The normalized spacial score (nSPS) is 19.5. The zero-order chi connectivity index (χ0) is 14.0. The Labute approximate surface area is 118 Å². The van der Waals surface area contributed by atoms with Crippen LogP contribution in [-0.4, -0.2) is 13.1 Å². The lowest BCUT2D eigenvalue weighted by Gasteiger charge is -2.40. The van der Waals surface area contributed by atoms with E-state index in [2.05, 4.69) is 56.9 Å². The number of rotatable bonds is 2. The Hall–Kier alpha value is -1.02. The molecule has 1 fully saturated rings. The molecular weight excluding hydrogens is 232 g/mol. The molecule has 1 aromatic carbocycles. The van der Waals surface area contributed by atoms with E-state index in [9.17, 15) is 0 Å². The van der Waals surface area contributed by atoms with Gasteiger partial charge in [0, 0.05) is 24.8 Å². The molecule has 1 aliphatic heterocycles. The first kappa shape index (κ1) is 14.4. The molecule has 1 saturated heterocycles. The third kappa shape index (κ3) is 3.30. The van der Waals surface area contributed by atoms with Crippen molar-refractivity contribution >= 4 is 5.69 Å². The SMILES string of the molecule is C[C@H](N)c1ccccc1N1CCC(C(C)(C)C)CC1. The molecule has 2 rings (SSSR count). The zero-order valence-corrected chi connectivity index (χ0v) is 12.8. The lowest BCUT2D eigenvalue weighted by atomic mass is 9.75. The molecule has 2 N–H and O–H groups in total. The number of nitrogens with zero attached hydrogens (tertiary/aromatic N) is 1. The highest BCUT2D eigenvalue weighted by Crippen LogP contribution is 2.36. The van der Waals surface area contributed by atoms with Crippen LogP contribution in [0.3, 0.4) is 0 Å². The predicted molar refractivity (Wildman–Crippen MR) is 83.4 cm³/mol. The summed E-state index contributed by atoms with van der Waals surface area (Å²) >= 11 is 0. The fourth-order valence-electron chi connectivity index (χ4n) is 3.15. The summed E-state index contributed by atoms with van der Waals surface area (Å²) in [5.74, 6) is 0.839. The monoisotopic (exact) mass is 260 g/mol. The minimum Gasteiger partial charge on any atom is -0.371 e. The van der Waals surface area contributed by atoms with Crippen molar-refractivity contribution in [2.45, 2.75) is 46.6 Å². The lowest BCUT2D eigenvalue weighted by Crippen LogP contribution is -2.38. The molecule has 1 aliphatic rings. The average Bonchev–Trinajstić information content (AvgIpc) is 2.38. The average molecular weight is 260 g/mol. The quantitative estimate of drug-likeness (QED) is 0.872. The van der Waals surface area contributed by atoms with Gasteiger partial charge in [0.2, 0.25) is 0 Å². The molecule has 0 aromatic heterocycles. The van der Waals surface area contributed by atoms with Crippen molar-refractivity contribution in [3.05, 3.63) is 29.8 Å². The van der Waals surface area contributed by atoms with Crippen LogP contribution in [0.4, 0.5) is 5.69 Å². The van der Waals surface area contributed by atoms with E-state index in [0.717, 1.165) is 19.0 Å². The van der Waals surface area contributed by atoms with Gasteiger partial charge in [-0.3, -0.25) is 0 Å². The smallest absolute Gasteiger partial charge is 0.0414 e. The summed E-state index contributed by atoms with van der Waals surface area (Å²) in [6.07, 6.45) is 2.58. The van der Waals surface area contributed by atoms with Crippen LogP contribution in [0.2, 0.25) is 0 Å². The number of benzene rings is 1. The fourth-order valence-corrected chi connectivity index (χ4v) is 3.15. The molecule has 0 saturated carbocycles. The Morgan fingerprint density at radius 2 is 1.74 bits per heavy atom. The first-order valence-corrected chi connectivity index (χ1v) is 7.49. The van der Waals surface area contributed by atoms with E-state index >= 15 is 0 Å². The van der Waals surface area contributed by atoms with Gasteiger partial charge in [0.25, 0.3) is 0 Å². The first-order valence-electron chi connectivity index (χ1n) is 7.49. The fraction of sp³-hybridized carbons (Fsp3) is 0.647. The van der Waals surface area contributed by atoms with Gasteiger partial charge in [-0.1, -0.05) is 39.0 Å². The van der Waals surface area contributed by atoms with Crippen molar-refractivity contribution in [3.63, 3.8) is 0 Å². The molecular formula is C17H28N2. The molecule has 1 heterocycles. The van der Waals surface area contributed by atoms with Crippen molar-refractivity contribution < 1.29 is 0 Å². The Balaban J connectivity index is 2.10. The molecule has 0 radical (unpaired) electrons. The highest BCUT2D eigenvalue weighted by Gasteiger charge is 2.29. The highest BCUT2D eigenvalue weighted by atomic mass is 15.1. The van der Waals surface area contributed by atoms with Crippen LogP contribution in [0.25, 0.3) is 0 Å². The molecule has 0 unspecified atom stereocenters. The third-order valence-corrected chi connectivity index (χ3v) is 4.49. The topological polar surface area (TPSA) is 29.3 Å². The predicted octanol–water partition coefficient (Wildman–Crippen LogP) is 3.97. The number of hydrogen-bond donors (Lipinski definition) is 1. The third-order valence-electron chi connectivity index (χ3n) is 4.49. The van der Waals surface area contributed by atoms with Gasteiger partial charge in [-0.25, -0.2) is 0 Å². The van der Waals surface area contributed by atoms with Gasteiger partial charge in [-0.15, -0.1) is 0 Å². The Kier molecular flexibility index (Phi) is 4.19. The van der Waals surface area contributed by atoms with Crippen LogP contribution < -0.4 is 10.6 Å². The maximum Gasteiger partial charge on any atom is 0.0414 e. The van der Waals surface area contributed by atoms with E-state index in [-0.39, 0.29) is 6.04 Å². The highest BCUT2D eigenvalue weighted by molar-refractivity contribution is 5.55. The summed E-state index contributed by atoms with van der Waals surface area (Å²) in [5.41, 5.74) is 9.14. The van der Waals surface area contributed by atoms with Crippen molar-refractivity contribution in [3.8, 4) is 0 Å². The van der Waals surface area contributed by atoms with Gasteiger partial charge < -0.3 is 10.6 Å². The molecule has 0 amide bonds. The van der Waals surface area contributed by atoms with Gasteiger partial charge in [-0.2, -0.15) is 0 Å². The van der Waals surface area contributed by atoms with Crippen LogP contribution in [0.5, 0.6) is 0 Å². The largest absolute Gasteiger partial charge is 0.371 e. The molecule has 19 heavy (non-hydrogen) atoms. The van der Waals surface area contributed by atoms with Gasteiger partial charge in [-0.05, 0) is 42.7 Å². The van der Waals surface area contributed by atoms with Gasteiger partial charge in [0.1, 0.15) is 0 Å². The second-order valence-corrected chi connectivity index (χ2v) is 6.97. The summed E-state index contributed by atoms with van der Waals surface area (Å²) in [5, 5.41) is 0. The molecule has 0 aliphatic carbocycles. The van der Waals surface area contributed by atoms with Crippen LogP contribution >= 0.6 is 0 Å². The number of nitrogens with two attached hydrogens (primary N) is 1. The summed E-state index contributed by atoms with van der Waals surface area (Å²) in [7, 11) is 0. The number of anilines is 1. The molecule has 1 aromatic rings. The van der Waals surface area contributed by atoms with Crippen LogP contribution in [0.1, 0.15) is 52.1 Å². The van der Waals surface area contributed by atoms with E-state index in [0.29, 0.717) is 5.41 Å². The van der Waals surface area contributed by atoms with Crippen LogP contribution in [0, 0.1) is 11.3 Å². The standard InChI is InChI=1S/C17H28N2/c1-13(18)15-7-5-6-8-16(15)19-11-9-14(10-12-19)17(2,3)4/h5-8,13-14H,9-12,18H2,1-4H3/t13-/m0/s1. The summed E-state index contributed by atoms with van der Waals surface area (Å²) in [4.78, 5) is 2.51. The number of hydrogen-bond acceptors (Lipinski definition) is 2. The van der Waals surface area contributed by atoms with E-state index in [4.69, 9.17) is 5.73 Å².